The van der Waals surface area contributed by atoms with E-state index in [1.165, 1.54) is 6.92 Å². The molecule has 0 saturated carbocycles. The number of alkyl halides is 6. The molecule has 0 aliphatic rings. The molecule has 0 amide bonds. The number of hydrogen-bond donors (Lipinski definition) is 1. The molecule has 1 unspecified atom stereocenters. The molecule has 1 N–H and O–H groups in total. The monoisotopic (exact) mass is 238 g/mol. The molecular formula is C7H8F6O2. The minimum absolute atomic E-state index is 0.176. The molecule has 0 spiro atoms. The van der Waals surface area contributed by atoms with E-state index >= 15 is 0 Å². The van der Waals surface area contributed by atoms with Crippen molar-refractivity contribution in [2.45, 2.75) is 25.7 Å². The van der Waals surface area contributed by atoms with Crippen molar-refractivity contribution in [1.82, 2.24) is 0 Å². The van der Waals surface area contributed by atoms with Crippen molar-refractivity contribution >= 4 is 5.97 Å². The lowest BCUT2D eigenvalue weighted by molar-refractivity contribution is -0.211. The Morgan fingerprint density at radius 1 is 1.27 bits per heavy atom. The summed E-state index contributed by atoms with van der Waals surface area (Å²) >= 11 is 0. The Kier molecular flexibility index (Phi) is 6.82. The third-order valence-corrected chi connectivity index (χ3v) is 0.899. The van der Waals surface area contributed by atoms with Crippen LogP contribution in [0.4, 0.5) is 26.3 Å². The van der Waals surface area contributed by atoms with Crippen molar-refractivity contribution in [3.05, 3.63) is 12.2 Å². The molecule has 1 atom stereocenters. The largest absolute Gasteiger partial charge is 0.478 e. The van der Waals surface area contributed by atoms with Gasteiger partial charge in [0.05, 0.1) is 0 Å². The lowest BCUT2D eigenvalue weighted by Gasteiger charge is -2.09. The van der Waals surface area contributed by atoms with Gasteiger partial charge in [-0.1, -0.05) is 6.58 Å². The highest BCUT2D eigenvalue weighted by Crippen LogP contribution is 2.27. The number of aliphatic carboxylic acids is 1. The zero-order chi connectivity index (χ0) is 12.8. The molecule has 0 bridgehead atoms. The van der Waals surface area contributed by atoms with Crippen LogP contribution in [0.3, 0.4) is 0 Å². The van der Waals surface area contributed by atoms with Crippen LogP contribution in [0.2, 0.25) is 0 Å². The zero-order valence-electron chi connectivity index (χ0n) is 7.49. The Morgan fingerprint density at radius 3 is 1.53 bits per heavy atom. The van der Waals surface area contributed by atoms with E-state index in [-0.39, 0.29) is 5.57 Å². The van der Waals surface area contributed by atoms with Crippen molar-refractivity contribution in [2.24, 2.45) is 0 Å². The van der Waals surface area contributed by atoms with Gasteiger partial charge in [-0.2, -0.15) is 13.2 Å². The molecule has 90 valence electrons. The molecule has 2 nitrogen and oxygen atoms in total. The molecule has 0 fully saturated rings. The SMILES string of the molecule is C=C(C)C(=O)O.FC(F)C(F)C(F)(F)F. The molecule has 0 aromatic carbocycles. The molecule has 0 heterocycles. The molecule has 15 heavy (non-hydrogen) atoms. The zero-order valence-corrected chi connectivity index (χ0v) is 7.49. The van der Waals surface area contributed by atoms with Crippen LogP contribution < -0.4 is 0 Å². The van der Waals surface area contributed by atoms with Crippen LogP contribution in [-0.2, 0) is 4.79 Å². The fraction of sp³-hybridized carbons (Fsp3) is 0.571. The highest BCUT2D eigenvalue weighted by molar-refractivity contribution is 5.84. The summed E-state index contributed by atoms with van der Waals surface area (Å²) in [6.45, 7) is 4.60. The van der Waals surface area contributed by atoms with E-state index in [1.807, 2.05) is 0 Å². The first-order valence-electron chi connectivity index (χ1n) is 3.37. The highest BCUT2D eigenvalue weighted by Gasteiger charge is 2.46. The first-order valence-corrected chi connectivity index (χ1v) is 3.37. The van der Waals surface area contributed by atoms with E-state index in [0.29, 0.717) is 0 Å². The summed E-state index contributed by atoms with van der Waals surface area (Å²) in [7, 11) is 0. The minimum atomic E-state index is -5.44. The number of rotatable bonds is 2. The molecule has 0 radical (unpaired) electrons. The lowest BCUT2D eigenvalue weighted by atomic mass is 10.4. The van der Waals surface area contributed by atoms with Crippen LogP contribution in [0.25, 0.3) is 0 Å². The average molecular weight is 238 g/mol. The third-order valence-electron chi connectivity index (χ3n) is 0.899. The van der Waals surface area contributed by atoms with Gasteiger partial charge >= 0.3 is 12.1 Å². The summed E-state index contributed by atoms with van der Waals surface area (Å²) in [5.74, 6) is -0.935. The van der Waals surface area contributed by atoms with Crippen LogP contribution in [-0.4, -0.2) is 29.8 Å². The molecule has 0 aliphatic heterocycles. The maximum Gasteiger partial charge on any atom is 0.425 e. The molecule has 0 rings (SSSR count). The summed E-state index contributed by atoms with van der Waals surface area (Å²) in [6.07, 6.45) is -13.4. The molecule has 0 aromatic rings. The van der Waals surface area contributed by atoms with Crippen LogP contribution >= 0.6 is 0 Å². The van der Waals surface area contributed by atoms with Gasteiger partial charge in [0.1, 0.15) is 0 Å². The number of carboxylic acids is 1. The third kappa shape index (κ3) is 9.10. The second-order valence-corrected chi connectivity index (χ2v) is 2.36. The summed E-state index contributed by atoms with van der Waals surface area (Å²) < 4.78 is 65.4. The van der Waals surface area contributed by atoms with E-state index in [2.05, 4.69) is 6.58 Å². The summed E-state index contributed by atoms with van der Waals surface area (Å²) in [6, 6.07) is 0. The minimum Gasteiger partial charge on any atom is -0.478 e. The van der Waals surface area contributed by atoms with Gasteiger partial charge in [0.15, 0.2) is 0 Å². The molecule has 0 aromatic heterocycles. The number of carbonyl (C=O) groups is 1. The Hall–Kier alpha value is -1.21. The van der Waals surface area contributed by atoms with Gasteiger partial charge < -0.3 is 5.11 Å². The fourth-order valence-electron chi connectivity index (χ4n) is 0.143. The van der Waals surface area contributed by atoms with Crippen molar-refractivity contribution in [3.63, 3.8) is 0 Å². The second kappa shape index (κ2) is 6.31. The van der Waals surface area contributed by atoms with Crippen molar-refractivity contribution in [2.75, 3.05) is 0 Å². The Morgan fingerprint density at radius 2 is 1.53 bits per heavy atom. The van der Waals surface area contributed by atoms with E-state index in [1.54, 1.807) is 0 Å². The van der Waals surface area contributed by atoms with E-state index in [9.17, 15) is 31.1 Å². The Bertz CT molecular complexity index is 210. The first-order chi connectivity index (χ1) is 6.50. The second-order valence-electron chi connectivity index (χ2n) is 2.36. The number of halogens is 6. The number of carboxylic acid groups (broad SMARTS) is 1. The first kappa shape index (κ1) is 16.2. The van der Waals surface area contributed by atoms with Crippen LogP contribution in [0.1, 0.15) is 6.92 Å². The van der Waals surface area contributed by atoms with Crippen LogP contribution in [0.15, 0.2) is 12.2 Å². The summed E-state index contributed by atoms with van der Waals surface area (Å²) in [5.41, 5.74) is 0.176. The maximum absolute atomic E-state index is 11.2. The van der Waals surface area contributed by atoms with Gasteiger partial charge in [-0.05, 0) is 6.92 Å². The molecule has 0 saturated heterocycles. The lowest BCUT2D eigenvalue weighted by Crippen LogP contribution is -2.30. The molecular weight excluding hydrogens is 230 g/mol. The van der Waals surface area contributed by atoms with Crippen molar-refractivity contribution in [1.29, 1.82) is 0 Å². The van der Waals surface area contributed by atoms with Gasteiger partial charge in [-0.3, -0.25) is 0 Å². The van der Waals surface area contributed by atoms with E-state index in [0.717, 1.165) is 0 Å². The Balaban J connectivity index is 0. The standard InChI is InChI=1S/C4H6O2.C3H2F6/c1-3(2)4(5)6;4-1(2(5)6)3(7,8)9/h1H2,2H3,(H,5,6);1-2H. The predicted molar refractivity (Wildman–Crippen MR) is 39.4 cm³/mol. The van der Waals surface area contributed by atoms with Gasteiger partial charge in [-0.15, -0.1) is 0 Å². The predicted octanol–water partition coefficient (Wildman–Crippen LogP) is 2.80. The van der Waals surface area contributed by atoms with E-state index < -0.39 is 24.7 Å². The topological polar surface area (TPSA) is 37.3 Å². The smallest absolute Gasteiger partial charge is 0.425 e. The van der Waals surface area contributed by atoms with Gasteiger partial charge in [-0.25, -0.2) is 18.0 Å². The Labute approximate surface area is 81.2 Å². The molecule has 8 heteroatoms. The van der Waals surface area contributed by atoms with Crippen LogP contribution in [0.5, 0.6) is 0 Å². The highest BCUT2D eigenvalue weighted by atomic mass is 19.4. The normalized spacial score (nSPS) is 12.8. The maximum atomic E-state index is 11.2. The van der Waals surface area contributed by atoms with Gasteiger partial charge in [0.25, 0.3) is 12.6 Å². The summed E-state index contributed by atoms with van der Waals surface area (Å²) in [4.78, 5) is 9.60. The molecule has 0 aliphatic carbocycles. The number of hydrogen-bond acceptors (Lipinski definition) is 1. The fourth-order valence-corrected chi connectivity index (χ4v) is 0.143. The van der Waals surface area contributed by atoms with Crippen molar-refractivity contribution in [3.8, 4) is 0 Å². The van der Waals surface area contributed by atoms with E-state index in [4.69, 9.17) is 5.11 Å². The summed E-state index contributed by atoms with van der Waals surface area (Å²) in [5, 5.41) is 7.89. The quantitative estimate of drug-likeness (QED) is 0.593. The van der Waals surface area contributed by atoms with Crippen molar-refractivity contribution < 1.29 is 36.2 Å². The van der Waals surface area contributed by atoms with Crippen LogP contribution in [0, 0.1) is 0 Å². The van der Waals surface area contributed by atoms with Gasteiger partial charge in [0, 0.05) is 5.57 Å². The average Bonchev–Trinajstić information content (AvgIpc) is 2.02. The van der Waals surface area contributed by atoms with Gasteiger partial charge in [0.2, 0.25) is 0 Å².